The van der Waals surface area contributed by atoms with Crippen LogP contribution in [0.25, 0.3) is 0 Å². The number of carbonyl (C=O) groups excluding carboxylic acids is 2. The monoisotopic (exact) mass is 391 g/mol. The summed E-state index contributed by atoms with van der Waals surface area (Å²) in [6, 6.07) is 14.0. The largest absolute Gasteiger partial charge is 0.480 e. The fourth-order valence-corrected chi connectivity index (χ4v) is 3.30. The third kappa shape index (κ3) is 4.40. The Labute approximate surface area is 171 Å². The second-order valence-corrected chi connectivity index (χ2v) is 7.20. The third-order valence-electron chi connectivity index (χ3n) is 5.26. The molecular weight excluding hydrogens is 366 g/mol. The number of rotatable bonds is 5. The van der Waals surface area contributed by atoms with E-state index >= 15 is 0 Å². The van der Waals surface area contributed by atoms with Crippen molar-refractivity contribution in [2.75, 3.05) is 5.32 Å². The lowest BCUT2D eigenvalue weighted by molar-refractivity contribution is -0.140. The normalized spacial score (nSPS) is 16.8. The number of ether oxygens (including phenoxy) is 1. The fourth-order valence-electron chi connectivity index (χ4n) is 3.30. The number of amides is 2. The van der Waals surface area contributed by atoms with E-state index in [4.69, 9.17) is 10.00 Å². The quantitative estimate of drug-likeness (QED) is 0.831. The Morgan fingerprint density at radius 2 is 2.00 bits per heavy atom. The smallest absolute Gasteiger partial charge is 0.264 e. The van der Waals surface area contributed by atoms with Crippen LogP contribution in [0.2, 0.25) is 0 Å². The van der Waals surface area contributed by atoms with Crippen molar-refractivity contribution >= 4 is 17.5 Å². The summed E-state index contributed by atoms with van der Waals surface area (Å²) in [5.74, 6) is 0.416. The van der Waals surface area contributed by atoms with Gasteiger partial charge >= 0.3 is 0 Å². The van der Waals surface area contributed by atoms with Crippen LogP contribution in [0.15, 0.2) is 42.5 Å². The van der Waals surface area contributed by atoms with Crippen molar-refractivity contribution in [3.63, 3.8) is 0 Å². The van der Waals surface area contributed by atoms with Crippen molar-refractivity contribution in [1.82, 2.24) is 4.90 Å². The van der Waals surface area contributed by atoms with Crippen LogP contribution in [0.4, 0.5) is 5.69 Å². The van der Waals surface area contributed by atoms with Crippen molar-refractivity contribution in [3.05, 3.63) is 59.2 Å². The molecule has 0 unspecified atom stereocenters. The van der Waals surface area contributed by atoms with Crippen molar-refractivity contribution in [2.45, 2.75) is 52.3 Å². The summed E-state index contributed by atoms with van der Waals surface area (Å²) in [4.78, 5) is 27.2. The van der Waals surface area contributed by atoms with Gasteiger partial charge in [0, 0.05) is 29.4 Å². The molecular formula is C23H25N3O3. The van der Waals surface area contributed by atoms with Gasteiger partial charge in [-0.05, 0) is 62.2 Å². The van der Waals surface area contributed by atoms with Gasteiger partial charge in [-0.1, -0.05) is 13.8 Å². The van der Waals surface area contributed by atoms with E-state index in [0.717, 1.165) is 12.0 Å². The Morgan fingerprint density at radius 3 is 2.62 bits per heavy atom. The van der Waals surface area contributed by atoms with Gasteiger partial charge < -0.3 is 15.0 Å². The van der Waals surface area contributed by atoms with Gasteiger partial charge in [0.1, 0.15) is 5.75 Å². The highest BCUT2D eigenvalue weighted by atomic mass is 16.5. The molecule has 2 amide bonds. The molecule has 0 spiro atoms. The van der Waals surface area contributed by atoms with Gasteiger partial charge in [-0.3, -0.25) is 9.59 Å². The third-order valence-corrected chi connectivity index (χ3v) is 5.26. The SMILES string of the molecule is CC[C@@H]1Oc2ccc(NC(=O)c3ccc(C#N)cc3)cc2CN([C@@H](C)CC)C1=O. The maximum atomic E-state index is 12.9. The molecule has 1 heterocycles. The first-order valence-corrected chi connectivity index (χ1v) is 9.88. The summed E-state index contributed by atoms with van der Waals surface area (Å²) < 4.78 is 5.98. The molecule has 0 aliphatic carbocycles. The van der Waals surface area contributed by atoms with E-state index in [-0.39, 0.29) is 17.9 Å². The molecule has 29 heavy (non-hydrogen) atoms. The lowest BCUT2D eigenvalue weighted by atomic mass is 10.1. The number of fused-ring (bicyclic) bond motifs is 1. The molecule has 1 aliphatic rings. The molecule has 1 N–H and O–H groups in total. The van der Waals surface area contributed by atoms with E-state index in [1.165, 1.54) is 0 Å². The summed E-state index contributed by atoms with van der Waals surface area (Å²) in [6.07, 6.45) is 0.957. The second-order valence-electron chi connectivity index (χ2n) is 7.20. The molecule has 150 valence electrons. The summed E-state index contributed by atoms with van der Waals surface area (Å²) in [5, 5.41) is 11.8. The van der Waals surface area contributed by atoms with Gasteiger partial charge in [-0.2, -0.15) is 5.26 Å². The zero-order chi connectivity index (χ0) is 21.0. The highest BCUT2D eigenvalue weighted by Crippen LogP contribution is 2.30. The number of carbonyl (C=O) groups is 2. The molecule has 0 radical (unpaired) electrons. The molecule has 2 aromatic rings. The maximum absolute atomic E-state index is 12.9. The highest BCUT2D eigenvalue weighted by molar-refractivity contribution is 6.04. The first-order chi connectivity index (χ1) is 14.0. The molecule has 0 aromatic heterocycles. The summed E-state index contributed by atoms with van der Waals surface area (Å²) in [5.41, 5.74) is 2.47. The van der Waals surface area contributed by atoms with Gasteiger partial charge in [0.15, 0.2) is 6.10 Å². The van der Waals surface area contributed by atoms with Crippen molar-refractivity contribution in [1.29, 1.82) is 5.26 Å². The Bertz CT molecular complexity index is 947. The number of nitrogens with one attached hydrogen (secondary N) is 1. The Kier molecular flexibility index (Phi) is 6.18. The Balaban J connectivity index is 1.85. The molecule has 1 aliphatic heterocycles. The predicted octanol–water partition coefficient (Wildman–Crippen LogP) is 4.11. The second kappa shape index (κ2) is 8.78. The minimum absolute atomic E-state index is 0.00113. The van der Waals surface area contributed by atoms with Gasteiger partial charge in [0.05, 0.1) is 11.6 Å². The van der Waals surface area contributed by atoms with Crippen LogP contribution in [0, 0.1) is 11.3 Å². The average Bonchev–Trinajstić information content (AvgIpc) is 2.89. The van der Waals surface area contributed by atoms with Gasteiger partial charge in [0.25, 0.3) is 11.8 Å². The molecule has 2 atom stereocenters. The standard InChI is InChI=1S/C23H25N3O3/c1-4-15(3)26-14-18-12-19(10-11-21(18)29-20(5-2)23(26)28)25-22(27)17-8-6-16(13-24)7-9-17/h6-12,15,20H,4-5,14H2,1-3H3,(H,25,27)/t15-,20-/m0/s1. The van der Waals surface area contributed by atoms with Gasteiger partial charge in [0.2, 0.25) is 0 Å². The fraction of sp³-hybridized carbons (Fsp3) is 0.348. The first-order valence-electron chi connectivity index (χ1n) is 9.88. The Hall–Kier alpha value is -3.33. The molecule has 3 rings (SSSR count). The average molecular weight is 391 g/mol. The number of nitrogens with zero attached hydrogens (tertiary/aromatic N) is 2. The summed E-state index contributed by atoms with van der Waals surface area (Å²) in [7, 11) is 0. The van der Waals surface area contributed by atoms with Gasteiger partial charge in [-0.25, -0.2) is 0 Å². The number of benzene rings is 2. The van der Waals surface area contributed by atoms with E-state index in [9.17, 15) is 9.59 Å². The van der Waals surface area contributed by atoms with Crippen LogP contribution in [0.1, 0.15) is 55.1 Å². The maximum Gasteiger partial charge on any atom is 0.264 e. The minimum Gasteiger partial charge on any atom is -0.480 e. The molecule has 6 heteroatoms. The molecule has 0 saturated carbocycles. The number of hydrogen-bond donors (Lipinski definition) is 1. The predicted molar refractivity (Wildman–Crippen MR) is 111 cm³/mol. The number of hydrogen-bond acceptors (Lipinski definition) is 4. The topological polar surface area (TPSA) is 82.4 Å². The molecule has 0 saturated heterocycles. The van der Waals surface area contributed by atoms with Crippen molar-refractivity contribution in [2.24, 2.45) is 0 Å². The van der Waals surface area contributed by atoms with Crippen LogP contribution in [0.5, 0.6) is 5.75 Å². The molecule has 6 nitrogen and oxygen atoms in total. The van der Waals surface area contributed by atoms with Crippen molar-refractivity contribution in [3.8, 4) is 11.8 Å². The minimum atomic E-state index is -0.496. The molecule has 0 fully saturated rings. The van der Waals surface area contributed by atoms with Crippen LogP contribution in [0.3, 0.4) is 0 Å². The Morgan fingerprint density at radius 1 is 1.28 bits per heavy atom. The molecule has 2 aromatic carbocycles. The van der Waals surface area contributed by atoms with E-state index in [1.807, 2.05) is 30.9 Å². The number of nitriles is 1. The van der Waals surface area contributed by atoms with Crippen LogP contribution >= 0.6 is 0 Å². The van der Waals surface area contributed by atoms with Crippen LogP contribution in [-0.2, 0) is 11.3 Å². The summed E-state index contributed by atoms with van der Waals surface area (Å²) in [6.45, 7) is 6.47. The van der Waals surface area contributed by atoms with E-state index < -0.39 is 6.10 Å². The zero-order valence-electron chi connectivity index (χ0n) is 16.9. The number of anilines is 1. The van der Waals surface area contributed by atoms with E-state index in [2.05, 4.69) is 12.2 Å². The van der Waals surface area contributed by atoms with Crippen LogP contribution in [-0.4, -0.2) is 28.9 Å². The van der Waals surface area contributed by atoms with Crippen LogP contribution < -0.4 is 10.1 Å². The summed E-state index contributed by atoms with van der Waals surface area (Å²) >= 11 is 0. The lowest BCUT2D eigenvalue weighted by Crippen LogP contribution is -2.43. The molecule has 0 bridgehead atoms. The lowest BCUT2D eigenvalue weighted by Gasteiger charge is -2.28. The van der Waals surface area contributed by atoms with Crippen molar-refractivity contribution < 1.29 is 14.3 Å². The highest BCUT2D eigenvalue weighted by Gasteiger charge is 2.32. The van der Waals surface area contributed by atoms with Gasteiger partial charge in [-0.15, -0.1) is 0 Å². The first kappa shape index (κ1) is 20.4. The van der Waals surface area contributed by atoms with E-state index in [1.54, 1.807) is 36.4 Å². The zero-order valence-corrected chi connectivity index (χ0v) is 16.9. The van der Waals surface area contributed by atoms with E-state index in [0.29, 0.717) is 35.5 Å².